The Morgan fingerprint density at radius 3 is 2.30 bits per heavy atom. The van der Waals surface area contributed by atoms with Crippen molar-refractivity contribution in [3.63, 3.8) is 0 Å². The molecule has 1 aliphatic rings. The highest BCUT2D eigenvalue weighted by Gasteiger charge is 2.62. The van der Waals surface area contributed by atoms with Gasteiger partial charge in [-0.2, -0.15) is 0 Å². The van der Waals surface area contributed by atoms with E-state index < -0.39 is 4.87 Å². The molecule has 0 spiro atoms. The van der Waals surface area contributed by atoms with Gasteiger partial charge in [0.2, 0.25) is 0 Å². The van der Waals surface area contributed by atoms with Crippen molar-refractivity contribution in [3.05, 3.63) is 99.4 Å². The van der Waals surface area contributed by atoms with Crippen LogP contribution in [0.4, 0.5) is 10.1 Å². The molecule has 0 heterocycles. The minimum Gasteiger partial charge on any atom is -0.359 e. The molecule has 6 heteroatoms. The third-order valence-electron chi connectivity index (χ3n) is 5.50. The van der Waals surface area contributed by atoms with Crippen molar-refractivity contribution in [3.8, 4) is 11.1 Å². The molecule has 1 nitrogen and oxygen atoms in total. The summed E-state index contributed by atoms with van der Waals surface area (Å²) >= 11 is 25.5. The zero-order valence-corrected chi connectivity index (χ0v) is 19.0. The molecule has 1 saturated carbocycles. The third kappa shape index (κ3) is 4.07. The standard InChI is InChI=1S/C24H18Cl4FN/c1-13(22-23(24(22,2)28)14-9-15(25)11-16(26)10-14)30-17-7-8-20(27)19(12-17)18-5-3-4-6-21(18)29/h3-12,22-23,30H,1H2,2H3. The Labute approximate surface area is 195 Å². The molecule has 1 aliphatic carbocycles. The zero-order valence-electron chi connectivity index (χ0n) is 16.0. The van der Waals surface area contributed by atoms with Gasteiger partial charge in [-0.25, -0.2) is 4.39 Å². The van der Waals surface area contributed by atoms with Gasteiger partial charge in [0.1, 0.15) is 5.82 Å². The normalized spacial score (nSPS) is 22.6. The van der Waals surface area contributed by atoms with E-state index in [-0.39, 0.29) is 17.7 Å². The Morgan fingerprint density at radius 1 is 0.967 bits per heavy atom. The predicted molar refractivity (Wildman–Crippen MR) is 127 cm³/mol. The number of benzene rings is 3. The minimum absolute atomic E-state index is 0.0219. The summed E-state index contributed by atoms with van der Waals surface area (Å²) in [5.41, 5.74) is 3.54. The summed E-state index contributed by atoms with van der Waals surface area (Å²) in [5.74, 6) is -0.334. The van der Waals surface area contributed by atoms with Crippen LogP contribution < -0.4 is 5.32 Å². The van der Waals surface area contributed by atoms with Gasteiger partial charge in [0.15, 0.2) is 0 Å². The van der Waals surface area contributed by atoms with E-state index in [1.165, 1.54) is 6.07 Å². The number of nitrogens with one attached hydrogen (secondary N) is 1. The van der Waals surface area contributed by atoms with Crippen LogP contribution in [-0.2, 0) is 0 Å². The molecule has 0 aromatic heterocycles. The van der Waals surface area contributed by atoms with Crippen LogP contribution in [-0.4, -0.2) is 4.87 Å². The summed E-state index contributed by atoms with van der Waals surface area (Å²) in [7, 11) is 0. The average Bonchev–Trinajstić information content (AvgIpc) is 3.25. The Hall–Kier alpha value is -1.71. The molecule has 0 radical (unpaired) electrons. The first kappa shape index (κ1) is 21.5. The Bertz CT molecular complexity index is 1120. The maximum Gasteiger partial charge on any atom is 0.131 e. The van der Waals surface area contributed by atoms with Crippen LogP contribution in [0.2, 0.25) is 15.1 Å². The fourth-order valence-electron chi connectivity index (χ4n) is 4.05. The van der Waals surface area contributed by atoms with E-state index >= 15 is 0 Å². The minimum atomic E-state index is -0.515. The highest BCUT2D eigenvalue weighted by molar-refractivity contribution is 6.35. The lowest BCUT2D eigenvalue weighted by atomic mass is 10.0. The van der Waals surface area contributed by atoms with Crippen molar-refractivity contribution in [2.75, 3.05) is 5.32 Å². The monoisotopic (exact) mass is 479 g/mol. The maximum absolute atomic E-state index is 14.3. The third-order valence-corrected chi connectivity index (χ3v) is 6.73. The molecule has 0 bridgehead atoms. The SMILES string of the molecule is C=C(Nc1ccc(Cl)c(-c2ccccc2F)c1)C1C(c2cc(Cl)cc(Cl)c2)C1(C)Cl. The summed E-state index contributed by atoms with van der Waals surface area (Å²) in [4.78, 5) is -0.515. The van der Waals surface area contributed by atoms with Gasteiger partial charge in [-0.1, -0.05) is 59.6 Å². The average molecular weight is 481 g/mol. The van der Waals surface area contributed by atoms with Crippen LogP contribution >= 0.6 is 46.4 Å². The predicted octanol–water partition coefficient (Wildman–Crippen LogP) is 8.79. The highest BCUT2D eigenvalue weighted by Crippen LogP contribution is 2.65. The van der Waals surface area contributed by atoms with Gasteiger partial charge >= 0.3 is 0 Å². The van der Waals surface area contributed by atoms with Crippen molar-refractivity contribution in [2.24, 2.45) is 5.92 Å². The molecule has 1 N–H and O–H groups in total. The first-order valence-corrected chi connectivity index (χ1v) is 10.8. The van der Waals surface area contributed by atoms with Crippen LogP contribution in [0.5, 0.6) is 0 Å². The van der Waals surface area contributed by atoms with E-state index in [1.807, 2.05) is 31.2 Å². The van der Waals surface area contributed by atoms with Crippen LogP contribution in [0.25, 0.3) is 11.1 Å². The number of hydrogen-bond donors (Lipinski definition) is 1. The second-order valence-electron chi connectivity index (χ2n) is 7.63. The van der Waals surface area contributed by atoms with Crippen LogP contribution in [0.3, 0.4) is 0 Å². The molecule has 4 rings (SSSR count). The van der Waals surface area contributed by atoms with Crippen molar-refractivity contribution in [1.29, 1.82) is 0 Å². The molecular weight excluding hydrogens is 463 g/mol. The summed E-state index contributed by atoms with van der Waals surface area (Å²) in [6.07, 6.45) is 0. The lowest BCUT2D eigenvalue weighted by Crippen LogP contribution is -2.05. The molecule has 0 aliphatic heterocycles. The molecule has 0 saturated heterocycles. The Balaban J connectivity index is 1.59. The van der Waals surface area contributed by atoms with Gasteiger partial charge in [-0.15, -0.1) is 11.6 Å². The molecule has 0 amide bonds. The maximum atomic E-state index is 14.3. The van der Waals surface area contributed by atoms with Crippen molar-refractivity contribution in [2.45, 2.75) is 17.7 Å². The van der Waals surface area contributed by atoms with Crippen LogP contribution in [0.15, 0.2) is 72.9 Å². The van der Waals surface area contributed by atoms with E-state index in [1.54, 1.807) is 30.3 Å². The molecule has 3 aromatic carbocycles. The number of anilines is 1. The Kier molecular flexibility index (Phi) is 5.80. The van der Waals surface area contributed by atoms with E-state index in [2.05, 4.69) is 11.9 Å². The molecule has 3 atom stereocenters. The lowest BCUT2D eigenvalue weighted by Gasteiger charge is -2.13. The van der Waals surface area contributed by atoms with Crippen molar-refractivity contribution in [1.82, 2.24) is 0 Å². The van der Waals surface area contributed by atoms with Crippen molar-refractivity contribution < 1.29 is 4.39 Å². The smallest absolute Gasteiger partial charge is 0.131 e. The summed E-state index contributed by atoms with van der Waals surface area (Å²) in [6, 6.07) is 17.4. The fraction of sp³-hybridized carbons (Fsp3) is 0.167. The van der Waals surface area contributed by atoms with Crippen LogP contribution in [0.1, 0.15) is 18.4 Å². The summed E-state index contributed by atoms with van der Waals surface area (Å²) in [5, 5.41) is 4.93. The molecule has 1 fully saturated rings. The van der Waals surface area contributed by atoms with E-state index in [9.17, 15) is 4.39 Å². The van der Waals surface area contributed by atoms with Gasteiger partial charge in [0, 0.05) is 49.4 Å². The van der Waals surface area contributed by atoms with E-state index in [4.69, 9.17) is 46.4 Å². The molecule has 154 valence electrons. The lowest BCUT2D eigenvalue weighted by molar-refractivity contribution is 0.631. The number of hydrogen-bond acceptors (Lipinski definition) is 1. The topological polar surface area (TPSA) is 12.0 Å². The molecule has 30 heavy (non-hydrogen) atoms. The summed E-state index contributed by atoms with van der Waals surface area (Å²) < 4.78 is 14.3. The van der Waals surface area contributed by atoms with Gasteiger partial charge in [-0.3, -0.25) is 0 Å². The number of allylic oxidation sites excluding steroid dienone is 1. The number of alkyl halides is 1. The van der Waals surface area contributed by atoms with Gasteiger partial charge in [0.05, 0.1) is 4.87 Å². The first-order chi connectivity index (χ1) is 14.2. The van der Waals surface area contributed by atoms with E-state index in [0.717, 1.165) is 16.9 Å². The van der Waals surface area contributed by atoms with Gasteiger partial charge < -0.3 is 5.32 Å². The van der Waals surface area contributed by atoms with Gasteiger partial charge in [0.25, 0.3) is 0 Å². The first-order valence-electron chi connectivity index (χ1n) is 9.33. The number of halogens is 5. The fourth-order valence-corrected chi connectivity index (χ4v) is 5.26. The van der Waals surface area contributed by atoms with Crippen LogP contribution in [0, 0.1) is 11.7 Å². The second kappa shape index (κ2) is 8.09. The molecule has 3 unspecified atom stereocenters. The molecular formula is C24H18Cl4FN. The highest BCUT2D eigenvalue weighted by atomic mass is 35.5. The van der Waals surface area contributed by atoms with Crippen molar-refractivity contribution >= 4 is 52.1 Å². The number of rotatable bonds is 5. The summed E-state index contributed by atoms with van der Waals surface area (Å²) in [6.45, 7) is 6.17. The Morgan fingerprint density at radius 2 is 1.63 bits per heavy atom. The zero-order chi connectivity index (χ0) is 21.6. The second-order valence-corrected chi connectivity index (χ2v) is 9.73. The largest absolute Gasteiger partial charge is 0.359 e. The quantitative estimate of drug-likeness (QED) is 0.359. The van der Waals surface area contributed by atoms with Gasteiger partial charge in [-0.05, 0) is 55.0 Å². The van der Waals surface area contributed by atoms with E-state index in [0.29, 0.717) is 26.2 Å². The molecule has 3 aromatic rings.